The summed E-state index contributed by atoms with van der Waals surface area (Å²) in [4.78, 5) is 2.09. The molecule has 100 valence electrons. The summed E-state index contributed by atoms with van der Waals surface area (Å²) < 4.78 is 32.2. The monoisotopic (exact) mass is 261 g/mol. The van der Waals surface area contributed by atoms with Gasteiger partial charge in [-0.1, -0.05) is 18.1 Å². The first-order valence-electron chi connectivity index (χ1n) is 6.05. The van der Waals surface area contributed by atoms with Crippen LogP contribution in [0.25, 0.3) is 0 Å². The molecule has 4 nitrogen and oxygen atoms in total. The van der Waals surface area contributed by atoms with Crippen LogP contribution in [0, 0.1) is 5.92 Å². The van der Waals surface area contributed by atoms with Crippen molar-refractivity contribution in [3.63, 3.8) is 0 Å². The number of hydrogen-bond acceptors (Lipinski definition) is 3. The first-order chi connectivity index (χ1) is 7.75. The Morgan fingerprint density at radius 2 is 1.82 bits per heavy atom. The van der Waals surface area contributed by atoms with Crippen LogP contribution in [0.15, 0.2) is 11.1 Å². The molecule has 2 atom stereocenters. The van der Waals surface area contributed by atoms with Crippen LogP contribution in [0.2, 0.25) is 0 Å². The third-order valence-electron chi connectivity index (χ3n) is 3.80. The molecule has 0 saturated heterocycles. The molecule has 0 bridgehead atoms. The molecule has 0 radical (unpaired) electrons. The van der Waals surface area contributed by atoms with Crippen molar-refractivity contribution in [1.82, 2.24) is 4.90 Å². The van der Waals surface area contributed by atoms with E-state index in [2.05, 4.69) is 11.8 Å². The molecule has 2 unspecified atom stereocenters. The largest absolute Gasteiger partial charge is 0.306 e. The summed E-state index contributed by atoms with van der Waals surface area (Å²) in [7, 11) is -1.97. The average Bonchev–Trinajstić information content (AvgIpc) is 2.21. The zero-order chi connectivity index (χ0) is 13.2. The second kappa shape index (κ2) is 5.50. The van der Waals surface area contributed by atoms with Gasteiger partial charge in [-0.3, -0.25) is 4.55 Å². The van der Waals surface area contributed by atoms with Crippen molar-refractivity contribution in [1.29, 1.82) is 0 Å². The smallest absolute Gasteiger partial charge is 0.268 e. The maximum Gasteiger partial charge on any atom is 0.268 e. The molecule has 0 aromatic rings. The van der Waals surface area contributed by atoms with Gasteiger partial charge in [0.05, 0.1) is 5.25 Å². The van der Waals surface area contributed by atoms with Gasteiger partial charge in [0.1, 0.15) is 0 Å². The van der Waals surface area contributed by atoms with Crippen molar-refractivity contribution in [3.8, 4) is 0 Å². The highest BCUT2D eigenvalue weighted by Crippen LogP contribution is 2.33. The van der Waals surface area contributed by atoms with Crippen LogP contribution in [0.4, 0.5) is 0 Å². The normalized spacial score (nSPS) is 26.7. The zero-order valence-corrected chi connectivity index (χ0v) is 11.9. The average molecular weight is 261 g/mol. The molecular weight excluding hydrogens is 238 g/mol. The Morgan fingerprint density at radius 1 is 1.29 bits per heavy atom. The van der Waals surface area contributed by atoms with Crippen molar-refractivity contribution >= 4 is 10.1 Å². The summed E-state index contributed by atoms with van der Waals surface area (Å²) in [5, 5.41) is -0.639. The number of hydrogen-bond donors (Lipinski definition) is 1. The predicted molar refractivity (Wildman–Crippen MR) is 69.6 cm³/mol. The standard InChI is InChI=1S/C12H23NO3S/c1-5-13(4)8-11-6-9(2)10(3)7-12(11)17(14,15)16/h11-12H,5-8H2,1-4H3,(H,14,15,16). The van der Waals surface area contributed by atoms with Crippen molar-refractivity contribution in [3.05, 3.63) is 11.1 Å². The third-order valence-corrected chi connectivity index (χ3v) is 5.12. The molecule has 0 fully saturated rings. The molecule has 0 aromatic heterocycles. The highest BCUT2D eigenvalue weighted by atomic mass is 32.2. The lowest BCUT2D eigenvalue weighted by Gasteiger charge is -2.33. The van der Waals surface area contributed by atoms with Gasteiger partial charge >= 0.3 is 0 Å². The molecule has 1 rings (SSSR count). The minimum atomic E-state index is -3.95. The lowest BCUT2D eigenvalue weighted by atomic mass is 9.84. The van der Waals surface area contributed by atoms with Crippen molar-refractivity contribution in [2.75, 3.05) is 20.1 Å². The quantitative estimate of drug-likeness (QED) is 0.620. The van der Waals surface area contributed by atoms with Crippen molar-refractivity contribution in [2.24, 2.45) is 5.92 Å². The lowest BCUT2D eigenvalue weighted by Crippen LogP contribution is -2.39. The molecule has 0 amide bonds. The Balaban J connectivity index is 2.92. The summed E-state index contributed by atoms with van der Waals surface area (Å²) in [5.41, 5.74) is 2.36. The maximum absolute atomic E-state index is 11.4. The minimum absolute atomic E-state index is 0.00125. The van der Waals surface area contributed by atoms with Gasteiger partial charge in [-0.15, -0.1) is 0 Å². The molecule has 5 heteroatoms. The van der Waals surface area contributed by atoms with E-state index in [1.165, 1.54) is 5.57 Å². The van der Waals surface area contributed by atoms with Crippen molar-refractivity contribution in [2.45, 2.75) is 38.9 Å². The van der Waals surface area contributed by atoms with Gasteiger partial charge in [-0.25, -0.2) is 0 Å². The van der Waals surface area contributed by atoms with Crippen LogP contribution < -0.4 is 0 Å². The van der Waals surface area contributed by atoms with Gasteiger partial charge in [0, 0.05) is 6.54 Å². The highest BCUT2D eigenvalue weighted by molar-refractivity contribution is 7.86. The fourth-order valence-electron chi connectivity index (χ4n) is 2.40. The van der Waals surface area contributed by atoms with E-state index in [0.29, 0.717) is 13.0 Å². The van der Waals surface area contributed by atoms with Crippen LogP contribution in [0.5, 0.6) is 0 Å². The van der Waals surface area contributed by atoms with Gasteiger partial charge in [0.25, 0.3) is 10.1 Å². The minimum Gasteiger partial charge on any atom is -0.306 e. The first-order valence-corrected chi connectivity index (χ1v) is 7.56. The number of nitrogens with zero attached hydrogens (tertiary/aromatic N) is 1. The van der Waals surface area contributed by atoms with Gasteiger partial charge in [-0.2, -0.15) is 8.42 Å². The van der Waals surface area contributed by atoms with E-state index < -0.39 is 15.4 Å². The van der Waals surface area contributed by atoms with E-state index in [-0.39, 0.29) is 5.92 Å². The highest BCUT2D eigenvalue weighted by Gasteiger charge is 2.36. The number of allylic oxidation sites excluding steroid dienone is 2. The van der Waals surface area contributed by atoms with E-state index in [9.17, 15) is 13.0 Å². The molecule has 0 spiro atoms. The fourth-order valence-corrected chi connectivity index (χ4v) is 3.53. The van der Waals surface area contributed by atoms with E-state index in [4.69, 9.17) is 0 Å². The molecule has 0 saturated carbocycles. The Morgan fingerprint density at radius 3 is 2.29 bits per heavy atom. The van der Waals surface area contributed by atoms with Crippen LogP contribution in [0.1, 0.15) is 33.6 Å². The molecule has 1 aliphatic carbocycles. The summed E-state index contributed by atoms with van der Waals surface area (Å²) in [5.74, 6) is -0.00125. The summed E-state index contributed by atoms with van der Waals surface area (Å²) >= 11 is 0. The molecule has 0 heterocycles. The SMILES string of the molecule is CCN(C)CC1CC(C)=C(C)CC1S(=O)(=O)O. The topological polar surface area (TPSA) is 57.6 Å². The summed E-state index contributed by atoms with van der Waals surface area (Å²) in [6, 6.07) is 0. The summed E-state index contributed by atoms with van der Waals surface area (Å²) in [6.07, 6.45) is 1.23. The van der Waals surface area contributed by atoms with Crippen LogP contribution in [-0.4, -0.2) is 43.3 Å². The number of rotatable bonds is 4. The molecule has 1 aliphatic rings. The Hall–Kier alpha value is -0.390. The zero-order valence-electron chi connectivity index (χ0n) is 11.1. The first kappa shape index (κ1) is 14.7. The van der Waals surface area contributed by atoms with Gasteiger partial charge in [-0.05, 0) is 46.2 Å². The fraction of sp³-hybridized carbons (Fsp3) is 0.833. The molecule has 1 N–H and O–H groups in total. The molecule has 0 aliphatic heterocycles. The Kier molecular flexibility index (Phi) is 4.75. The van der Waals surface area contributed by atoms with E-state index in [1.807, 2.05) is 20.9 Å². The van der Waals surface area contributed by atoms with Crippen LogP contribution in [-0.2, 0) is 10.1 Å². The second-order valence-electron chi connectivity index (χ2n) is 5.14. The van der Waals surface area contributed by atoms with Crippen molar-refractivity contribution < 1.29 is 13.0 Å². The lowest BCUT2D eigenvalue weighted by molar-refractivity contribution is 0.266. The van der Waals surface area contributed by atoms with Gasteiger partial charge in [0.2, 0.25) is 0 Å². The molecule has 17 heavy (non-hydrogen) atoms. The predicted octanol–water partition coefficient (Wildman–Crippen LogP) is 1.94. The van der Waals surface area contributed by atoms with E-state index >= 15 is 0 Å². The van der Waals surface area contributed by atoms with Gasteiger partial charge < -0.3 is 4.90 Å². The van der Waals surface area contributed by atoms with E-state index in [0.717, 1.165) is 18.5 Å². The van der Waals surface area contributed by atoms with Gasteiger partial charge in [0.15, 0.2) is 0 Å². The third kappa shape index (κ3) is 3.79. The maximum atomic E-state index is 11.4. The van der Waals surface area contributed by atoms with Crippen LogP contribution >= 0.6 is 0 Å². The molecule has 0 aromatic carbocycles. The Bertz CT molecular complexity index is 400. The Labute approximate surface area is 104 Å². The van der Waals surface area contributed by atoms with E-state index in [1.54, 1.807) is 0 Å². The second-order valence-corrected chi connectivity index (χ2v) is 6.77. The summed E-state index contributed by atoms with van der Waals surface area (Å²) in [6.45, 7) is 7.64. The molecular formula is C12H23NO3S. The van der Waals surface area contributed by atoms with Crippen LogP contribution in [0.3, 0.4) is 0 Å².